The zero-order valence-electron chi connectivity index (χ0n) is 13.8. The summed E-state index contributed by atoms with van der Waals surface area (Å²) in [6.45, 7) is 0.460. The van der Waals surface area contributed by atoms with Crippen LogP contribution in [0.1, 0.15) is 27.0 Å². The molecule has 0 aliphatic carbocycles. The Balaban J connectivity index is 1.77. The zero-order valence-corrected chi connectivity index (χ0v) is 13.8. The molecule has 0 unspecified atom stereocenters. The molecule has 0 atom stereocenters. The fourth-order valence-electron chi connectivity index (χ4n) is 3.23. The summed E-state index contributed by atoms with van der Waals surface area (Å²) in [5, 5.41) is 2.78. The van der Waals surface area contributed by atoms with E-state index in [-0.39, 0.29) is 11.5 Å². The summed E-state index contributed by atoms with van der Waals surface area (Å²) >= 11 is 0. The lowest BCUT2D eigenvalue weighted by Gasteiger charge is -2.13. The fraction of sp³-hybridized carbons (Fsp3) is 0.150. The largest absolute Gasteiger partial charge is 0.348 e. The Labute approximate surface area is 148 Å². The maximum atomic E-state index is 14.4. The first-order chi connectivity index (χ1) is 12.6. The van der Waals surface area contributed by atoms with Crippen LogP contribution in [0, 0.1) is 11.6 Å². The lowest BCUT2D eigenvalue weighted by molar-refractivity contribution is 0.0966. The predicted octanol–water partition coefficient (Wildman–Crippen LogP) is 3.45. The highest BCUT2D eigenvalue weighted by Gasteiger charge is 2.22. The molecular weight excluding hydrogens is 336 g/mol. The molecule has 130 valence electrons. The van der Waals surface area contributed by atoms with Gasteiger partial charge < -0.3 is 5.32 Å². The Hall–Kier alpha value is -3.15. The number of amides is 1. The van der Waals surface area contributed by atoms with Crippen molar-refractivity contribution in [3.8, 4) is 11.1 Å². The molecule has 3 aromatic rings. The van der Waals surface area contributed by atoms with E-state index in [9.17, 15) is 13.6 Å². The molecule has 26 heavy (non-hydrogen) atoms. The number of aromatic nitrogens is 2. The smallest absolute Gasteiger partial charge is 0.251 e. The van der Waals surface area contributed by atoms with Gasteiger partial charge in [-0.3, -0.25) is 4.79 Å². The third kappa shape index (κ3) is 3.06. The van der Waals surface area contributed by atoms with Gasteiger partial charge in [-0.15, -0.1) is 0 Å². The minimum Gasteiger partial charge on any atom is -0.348 e. The van der Waals surface area contributed by atoms with Crippen LogP contribution in [0.15, 0.2) is 49.1 Å². The quantitative estimate of drug-likeness (QED) is 0.783. The van der Waals surface area contributed by atoms with Crippen LogP contribution in [0.2, 0.25) is 0 Å². The van der Waals surface area contributed by atoms with Crippen LogP contribution in [0.4, 0.5) is 8.78 Å². The van der Waals surface area contributed by atoms with Gasteiger partial charge >= 0.3 is 0 Å². The zero-order chi connectivity index (χ0) is 18.1. The number of aryl methyl sites for hydroxylation is 2. The van der Waals surface area contributed by atoms with Crippen molar-refractivity contribution in [1.29, 1.82) is 0 Å². The van der Waals surface area contributed by atoms with E-state index in [4.69, 9.17) is 0 Å². The fourth-order valence-corrected chi connectivity index (χ4v) is 3.23. The van der Waals surface area contributed by atoms with E-state index in [1.54, 1.807) is 18.5 Å². The molecule has 4 nitrogen and oxygen atoms in total. The van der Waals surface area contributed by atoms with E-state index >= 15 is 0 Å². The SMILES string of the molecule is O=C1NCc2cc(CCc3cncnc3)c(-c3ccc(F)cc3F)cc21. The first-order valence-electron chi connectivity index (χ1n) is 8.25. The molecule has 1 aliphatic rings. The van der Waals surface area contributed by atoms with Crippen LogP contribution >= 0.6 is 0 Å². The average molecular weight is 351 g/mol. The number of rotatable bonds is 4. The van der Waals surface area contributed by atoms with Gasteiger partial charge in [0, 0.05) is 36.1 Å². The normalized spacial score (nSPS) is 12.8. The maximum absolute atomic E-state index is 14.4. The number of nitrogens with zero attached hydrogens (tertiary/aromatic N) is 2. The van der Waals surface area contributed by atoms with Crippen LogP contribution in [0.25, 0.3) is 11.1 Å². The summed E-state index contributed by atoms with van der Waals surface area (Å²) in [5.41, 5.74) is 4.18. The number of nitrogens with one attached hydrogen (secondary N) is 1. The number of benzene rings is 2. The van der Waals surface area contributed by atoms with Gasteiger partial charge in [-0.05, 0) is 53.3 Å². The van der Waals surface area contributed by atoms with Gasteiger partial charge in [0.2, 0.25) is 0 Å². The Morgan fingerprint density at radius 1 is 0.962 bits per heavy atom. The Morgan fingerprint density at radius 2 is 1.77 bits per heavy atom. The molecule has 2 aromatic carbocycles. The number of hydrogen-bond acceptors (Lipinski definition) is 3. The predicted molar refractivity (Wildman–Crippen MR) is 92.4 cm³/mol. The molecule has 6 heteroatoms. The van der Waals surface area contributed by atoms with Gasteiger partial charge in [0.1, 0.15) is 18.0 Å². The monoisotopic (exact) mass is 351 g/mol. The lowest BCUT2D eigenvalue weighted by Crippen LogP contribution is -2.12. The highest BCUT2D eigenvalue weighted by atomic mass is 19.1. The molecule has 0 saturated carbocycles. The Morgan fingerprint density at radius 3 is 2.54 bits per heavy atom. The molecule has 0 fully saturated rings. The highest BCUT2D eigenvalue weighted by molar-refractivity contribution is 5.99. The summed E-state index contributed by atoms with van der Waals surface area (Å²) in [4.78, 5) is 20.0. The van der Waals surface area contributed by atoms with Crippen LogP contribution in [0.5, 0.6) is 0 Å². The van der Waals surface area contributed by atoms with Gasteiger partial charge in [-0.1, -0.05) is 6.07 Å². The first kappa shape index (κ1) is 16.3. The standard InChI is InChI=1S/C20H15F2N3O/c21-15-3-4-16(19(22)6-15)17-7-18-14(10-25-20(18)26)5-13(17)2-1-12-8-23-11-24-9-12/h3-9,11H,1-2,10H2,(H,25,26). The topological polar surface area (TPSA) is 54.9 Å². The minimum atomic E-state index is -0.646. The molecule has 4 rings (SSSR count). The van der Waals surface area contributed by atoms with Crippen molar-refractivity contribution in [3.63, 3.8) is 0 Å². The molecule has 0 spiro atoms. The number of halogens is 2. The second-order valence-electron chi connectivity index (χ2n) is 6.22. The van der Waals surface area contributed by atoms with Gasteiger partial charge in [0.25, 0.3) is 5.91 Å². The molecule has 1 amide bonds. The second kappa shape index (κ2) is 6.63. The van der Waals surface area contributed by atoms with E-state index in [2.05, 4.69) is 15.3 Å². The van der Waals surface area contributed by atoms with Crippen molar-refractivity contribution >= 4 is 5.91 Å². The number of hydrogen-bond donors (Lipinski definition) is 1. The third-order valence-electron chi connectivity index (χ3n) is 4.53. The van der Waals surface area contributed by atoms with Crippen molar-refractivity contribution < 1.29 is 13.6 Å². The van der Waals surface area contributed by atoms with Crippen LogP contribution in [-0.2, 0) is 19.4 Å². The summed E-state index contributed by atoms with van der Waals surface area (Å²) in [5.74, 6) is -1.45. The van der Waals surface area contributed by atoms with Crippen LogP contribution < -0.4 is 5.32 Å². The van der Waals surface area contributed by atoms with Gasteiger partial charge in [-0.2, -0.15) is 0 Å². The Bertz CT molecular complexity index is 990. The highest BCUT2D eigenvalue weighted by Crippen LogP contribution is 2.32. The van der Waals surface area contributed by atoms with Crippen molar-refractivity contribution in [2.45, 2.75) is 19.4 Å². The summed E-state index contributed by atoms with van der Waals surface area (Å²) in [6.07, 6.45) is 6.25. The minimum absolute atomic E-state index is 0.174. The molecule has 1 aliphatic heterocycles. The molecule has 1 N–H and O–H groups in total. The van der Waals surface area contributed by atoms with E-state index in [0.29, 0.717) is 30.5 Å². The van der Waals surface area contributed by atoms with Crippen molar-refractivity contribution in [3.05, 3.63) is 82.9 Å². The number of fused-ring (bicyclic) bond motifs is 1. The number of carbonyl (C=O) groups is 1. The van der Waals surface area contributed by atoms with Gasteiger partial charge in [0.05, 0.1) is 0 Å². The molecule has 0 bridgehead atoms. The molecular formula is C20H15F2N3O. The molecule has 2 heterocycles. The average Bonchev–Trinajstić information content (AvgIpc) is 3.00. The molecule has 1 aromatic heterocycles. The van der Waals surface area contributed by atoms with Crippen molar-refractivity contribution in [2.24, 2.45) is 0 Å². The molecule has 0 saturated heterocycles. The van der Waals surface area contributed by atoms with E-state index in [1.165, 1.54) is 18.5 Å². The number of carbonyl (C=O) groups excluding carboxylic acids is 1. The van der Waals surface area contributed by atoms with Crippen LogP contribution in [0.3, 0.4) is 0 Å². The van der Waals surface area contributed by atoms with E-state index < -0.39 is 11.6 Å². The van der Waals surface area contributed by atoms with E-state index in [0.717, 1.165) is 22.8 Å². The lowest BCUT2D eigenvalue weighted by atomic mass is 9.91. The van der Waals surface area contributed by atoms with Crippen molar-refractivity contribution in [2.75, 3.05) is 0 Å². The van der Waals surface area contributed by atoms with Crippen molar-refractivity contribution in [1.82, 2.24) is 15.3 Å². The third-order valence-corrected chi connectivity index (χ3v) is 4.53. The second-order valence-corrected chi connectivity index (χ2v) is 6.22. The summed E-state index contributed by atoms with van der Waals surface area (Å²) in [6, 6.07) is 7.12. The maximum Gasteiger partial charge on any atom is 0.251 e. The summed E-state index contributed by atoms with van der Waals surface area (Å²) < 4.78 is 27.7. The molecule has 0 radical (unpaired) electrons. The first-order valence-corrected chi connectivity index (χ1v) is 8.25. The summed E-state index contributed by atoms with van der Waals surface area (Å²) in [7, 11) is 0. The van der Waals surface area contributed by atoms with Gasteiger partial charge in [0.15, 0.2) is 0 Å². The Kier molecular flexibility index (Phi) is 4.16. The van der Waals surface area contributed by atoms with Crippen LogP contribution in [-0.4, -0.2) is 15.9 Å². The van der Waals surface area contributed by atoms with Gasteiger partial charge in [-0.25, -0.2) is 18.7 Å². The van der Waals surface area contributed by atoms with E-state index in [1.807, 2.05) is 6.07 Å².